The largest absolute Gasteiger partial charge is 0.372 e. The van der Waals surface area contributed by atoms with Crippen LogP contribution >= 0.6 is 0 Å². The van der Waals surface area contributed by atoms with Crippen molar-refractivity contribution in [3.05, 3.63) is 18.1 Å². The first kappa shape index (κ1) is 13.9. The van der Waals surface area contributed by atoms with Crippen molar-refractivity contribution >= 4 is 23.5 Å². The Bertz CT molecular complexity index is 543. The van der Waals surface area contributed by atoms with Gasteiger partial charge in [-0.3, -0.25) is 19.7 Å². The maximum absolute atomic E-state index is 12.3. The van der Waals surface area contributed by atoms with Crippen molar-refractivity contribution in [2.75, 3.05) is 18.9 Å². The highest BCUT2D eigenvalue weighted by Crippen LogP contribution is 2.13. The number of hydrogen-bond donors (Lipinski definition) is 2. The topological polar surface area (TPSA) is 104 Å². The highest BCUT2D eigenvalue weighted by molar-refractivity contribution is 6.06. The van der Waals surface area contributed by atoms with Crippen LogP contribution in [0.3, 0.4) is 0 Å². The summed E-state index contributed by atoms with van der Waals surface area (Å²) in [5.41, 5.74) is 0.102. The first-order valence-corrected chi connectivity index (χ1v) is 6.21. The van der Waals surface area contributed by atoms with E-state index in [-0.39, 0.29) is 12.2 Å². The van der Waals surface area contributed by atoms with E-state index in [0.717, 1.165) is 0 Å². The van der Waals surface area contributed by atoms with Gasteiger partial charge in [-0.05, 0) is 6.42 Å². The van der Waals surface area contributed by atoms with Gasteiger partial charge < -0.3 is 10.2 Å². The molecule has 1 aliphatic rings. The molecule has 106 valence electrons. The molecule has 20 heavy (non-hydrogen) atoms. The molecule has 0 spiro atoms. The Morgan fingerprint density at radius 1 is 1.45 bits per heavy atom. The Balaban J connectivity index is 2.24. The predicted molar refractivity (Wildman–Crippen MR) is 69.8 cm³/mol. The lowest BCUT2D eigenvalue weighted by atomic mass is 10.1. The van der Waals surface area contributed by atoms with Gasteiger partial charge in [0, 0.05) is 7.05 Å². The second-order valence-electron chi connectivity index (χ2n) is 4.31. The van der Waals surface area contributed by atoms with E-state index in [1.807, 2.05) is 0 Å². The number of rotatable bonds is 3. The first-order chi connectivity index (χ1) is 9.56. The van der Waals surface area contributed by atoms with Crippen LogP contribution in [0.25, 0.3) is 0 Å². The molecule has 0 aliphatic carbocycles. The van der Waals surface area contributed by atoms with Gasteiger partial charge in [0.25, 0.3) is 5.91 Å². The molecule has 1 fully saturated rings. The molecule has 2 N–H and O–H groups in total. The van der Waals surface area contributed by atoms with Gasteiger partial charge in [0.1, 0.15) is 24.1 Å². The second kappa shape index (κ2) is 5.64. The number of carbonyl (C=O) groups is 3. The van der Waals surface area contributed by atoms with Crippen LogP contribution in [0.1, 0.15) is 23.8 Å². The minimum Gasteiger partial charge on any atom is -0.372 e. The third-order valence-electron chi connectivity index (χ3n) is 3.03. The fraction of sp³-hybridized carbons (Fsp3) is 0.417. The zero-order valence-electron chi connectivity index (χ0n) is 11.2. The number of aromatic nitrogens is 2. The van der Waals surface area contributed by atoms with E-state index in [1.54, 1.807) is 14.0 Å². The first-order valence-electron chi connectivity index (χ1n) is 6.21. The number of carbonyl (C=O) groups excluding carboxylic acids is 3. The minimum absolute atomic E-state index is 0.102. The average Bonchev–Trinajstić information content (AvgIpc) is 2.46. The van der Waals surface area contributed by atoms with Crippen molar-refractivity contribution in [3.8, 4) is 0 Å². The molecule has 1 aromatic heterocycles. The van der Waals surface area contributed by atoms with E-state index in [2.05, 4.69) is 20.6 Å². The number of anilines is 1. The lowest BCUT2D eigenvalue weighted by molar-refractivity contribution is -0.138. The van der Waals surface area contributed by atoms with E-state index in [4.69, 9.17) is 0 Å². The summed E-state index contributed by atoms with van der Waals surface area (Å²) in [6.45, 7) is 1.62. The fourth-order valence-corrected chi connectivity index (χ4v) is 2.00. The van der Waals surface area contributed by atoms with Gasteiger partial charge in [-0.15, -0.1) is 0 Å². The Morgan fingerprint density at radius 2 is 2.20 bits per heavy atom. The van der Waals surface area contributed by atoms with Crippen molar-refractivity contribution < 1.29 is 14.4 Å². The maximum atomic E-state index is 12.3. The molecule has 1 saturated heterocycles. The quantitative estimate of drug-likeness (QED) is 0.715. The lowest BCUT2D eigenvalue weighted by Crippen LogP contribution is -2.59. The Kier molecular flexibility index (Phi) is 3.92. The van der Waals surface area contributed by atoms with Crippen LogP contribution < -0.4 is 10.6 Å². The van der Waals surface area contributed by atoms with E-state index < -0.39 is 23.8 Å². The van der Waals surface area contributed by atoms with Crippen LogP contribution in [0.2, 0.25) is 0 Å². The third-order valence-corrected chi connectivity index (χ3v) is 3.03. The van der Waals surface area contributed by atoms with E-state index in [1.165, 1.54) is 17.3 Å². The Hall–Kier alpha value is -2.51. The SMILES string of the molecule is CCC1C(=O)NC(=O)CN1C(=O)c1cnc(NC)cn1. The number of hydrogen-bond acceptors (Lipinski definition) is 6. The molecule has 0 aromatic carbocycles. The second-order valence-corrected chi connectivity index (χ2v) is 4.31. The monoisotopic (exact) mass is 277 g/mol. The standard InChI is InChI=1S/C12H15N5O3/c1-3-8-11(19)16-10(18)6-17(8)12(20)7-4-15-9(13-2)5-14-7/h4-5,8H,3,6H2,1-2H3,(H,13,15)(H,16,18,19). The highest BCUT2D eigenvalue weighted by atomic mass is 16.2. The molecule has 1 aromatic rings. The molecule has 3 amide bonds. The van der Waals surface area contributed by atoms with Gasteiger partial charge in [-0.1, -0.05) is 6.92 Å². The number of nitrogens with one attached hydrogen (secondary N) is 2. The van der Waals surface area contributed by atoms with Gasteiger partial charge in [0.05, 0.1) is 12.4 Å². The molecule has 8 nitrogen and oxygen atoms in total. The summed E-state index contributed by atoms with van der Waals surface area (Å²) in [5.74, 6) is -0.902. The van der Waals surface area contributed by atoms with Crippen LogP contribution in [-0.2, 0) is 9.59 Å². The highest BCUT2D eigenvalue weighted by Gasteiger charge is 2.36. The molecule has 1 unspecified atom stereocenters. The van der Waals surface area contributed by atoms with Crippen molar-refractivity contribution in [2.45, 2.75) is 19.4 Å². The molecule has 1 atom stereocenters. The number of imide groups is 1. The van der Waals surface area contributed by atoms with Crippen LogP contribution in [0.15, 0.2) is 12.4 Å². The molecule has 0 saturated carbocycles. The molecule has 0 bridgehead atoms. The molecule has 1 aliphatic heterocycles. The van der Waals surface area contributed by atoms with E-state index in [9.17, 15) is 14.4 Å². The summed E-state index contributed by atoms with van der Waals surface area (Å²) < 4.78 is 0. The van der Waals surface area contributed by atoms with Gasteiger partial charge in [-0.2, -0.15) is 0 Å². The maximum Gasteiger partial charge on any atom is 0.275 e. The molecule has 2 rings (SSSR count). The van der Waals surface area contributed by atoms with Crippen LogP contribution in [0.5, 0.6) is 0 Å². The lowest BCUT2D eigenvalue weighted by Gasteiger charge is -2.32. The summed E-state index contributed by atoms with van der Waals surface area (Å²) in [4.78, 5) is 44.7. The summed E-state index contributed by atoms with van der Waals surface area (Å²) >= 11 is 0. The smallest absolute Gasteiger partial charge is 0.275 e. The van der Waals surface area contributed by atoms with Crippen molar-refractivity contribution in [2.24, 2.45) is 0 Å². The molecule has 0 radical (unpaired) electrons. The molecule has 2 heterocycles. The van der Waals surface area contributed by atoms with Gasteiger partial charge in [-0.25, -0.2) is 9.97 Å². The zero-order valence-corrected chi connectivity index (χ0v) is 11.2. The van der Waals surface area contributed by atoms with E-state index >= 15 is 0 Å². The number of nitrogens with zero attached hydrogens (tertiary/aromatic N) is 3. The number of piperazine rings is 1. The van der Waals surface area contributed by atoms with Crippen molar-refractivity contribution in [1.29, 1.82) is 0 Å². The van der Waals surface area contributed by atoms with Crippen LogP contribution in [-0.4, -0.2) is 52.2 Å². The fourth-order valence-electron chi connectivity index (χ4n) is 2.00. The Labute approximate surface area is 115 Å². The normalized spacial score (nSPS) is 18.7. The van der Waals surface area contributed by atoms with Gasteiger partial charge in [0.15, 0.2) is 0 Å². The van der Waals surface area contributed by atoms with Crippen molar-refractivity contribution in [1.82, 2.24) is 20.2 Å². The molecular formula is C12H15N5O3. The third kappa shape index (κ3) is 2.58. The summed E-state index contributed by atoms with van der Waals surface area (Å²) in [5, 5.41) is 5.01. The molecule has 8 heteroatoms. The molecular weight excluding hydrogens is 262 g/mol. The van der Waals surface area contributed by atoms with E-state index in [0.29, 0.717) is 12.2 Å². The Morgan fingerprint density at radius 3 is 2.75 bits per heavy atom. The number of amides is 3. The zero-order chi connectivity index (χ0) is 14.7. The van der Waals surface area contributed by atoms with Gasteiger partial charge in [0.2, 0.25) is 11.8 Å². The summed E-state index contributed by atoms with van der Waals surface area (Å²) in [7, 11) is 1.69. The van der Waals surface area contributed by atoms with Crippen molar-refractivity contribution in [3.63, 3.8) is 0 Å². The predicted octanol–water partition coefficient (Wildman–Crippen LogP) is -0.604. The van der Waals surface area contributed by atoms with Gasteiger partial charge >= 0.3 is 0 Å². The summed E-state index contributed by atoms with van der Waals surface area (Å²) in [6, 6.07) is -0.661. The minimum atomic E-state index is -0.661. The van der Waals surface area contributed by atoms with Crippen LogP contribution in [0.4, 0.5) is 5.82 Å². The summed E-state index contributed by atoms with van der Waals surface area (Å²) in [6.07, 6.45) is 3.16. The van der Waals surface area contributed by atoms with Crippen LogP contribution in [0, 0.1) is 0 Å². The average molecular weight is 277 g/mol.